The molecule has 1 atom stereocenters. The Balaban J connectivity index is 0.000000617. The third-order valence-electron chi connectivity index (χ3n) is 5.96. The highest BCUT2D eigenvalue weighted by Crippen LogP contribution is 2.33. The van der Waals surface area contributed by atoms with Gasteiger partial charge in [0.1, 0.15) is 18.7 Å². The molecule has 4 aromatic rings. The molecule has 38 heavy (non-hydrogen) atoms. The predicted molar refractivity (Wildman–Crippen MR) is 155 cm³/mol. The molecule has 7 nitrogen and oxygen atoms in total. The fraction of sp³-hybridized carbons (Fsp3) is 0.345. The van der Waals surface area contributed by atoms with E-state index in [0.29, 0.717) is 29.5 Å². The highest BCUT2D eigenvalue weighted by molar-refractivity contribution is 7.20. The summed E-state index contributed by atoms with van der Waals surface area (Å²) in [4.78, 5) is 16.4. The molecule has 0 radical (unpaired) electrons. The maximum Gasteiger partial charge on any atom is 0.151 e. The van der Waals surface area contributed by atoms with E-state index < -0.39 is 0 Å². The number of hydrogen-bond acceptors (Lipinski definition) is 8. The van der Waals surface area contributed by atoms with E-state index in [0.717, 1.165) is 45.3 Å². The van der Waals surface area contributed by atoms with E-state index in [1.807, 2.05) is 56.3 Å². The summed E-state index contributed by atoms with van der Waals surface area (Å²) in [6, 6.07) is 13.7. The minimum atomic E-state index is 0.333. The monoisotopic (exact) mass is 549 g/mol. The second kappa shape index (κ2) is 13.5. The average Bonchev–Trinajstić information content (AvgIpc) is 3.54. The molecule has 4 heterocycles. The molecule has 0 saturated carbocycles. The highest BCUT2D eigenvalue weighted by atomic mass is 35.5. The number of nitrogens with zero attached hydrogens (tertiary/aromatic N) is 4. The number of fused-ring (bicyclic) bond motifs is 1. The number of likely N-dealkylation sites (tertiary alicyclic amines) is 1. The van der Waals surface area contributed by atoms with Gasteiger partial charge in [-0.05, 0) is 76.7 Å². The van der Waals surface area contributed by atoms with E-state index >= 15 is 0 Å². The molecule has 1 saturated heterocycles. The number of aromatic nitrogens is 3. The van der Waals surface area contributed by atoms with E-state index in [1.54, 1.807) is 31.0 Å². The third kappa shape index (κ3) is 7.65. The van der Waals surface area contributed by atoms with E-state index in [4.69, 9.17) is 21.1 Å². The van der Waals surface area contributed by atoms with Crippen molar-refractivity contribution in [3.05, 3.63) is 70.6 Å². The highest BCUT2D eigenvalue weighted by Gasteiger charge is 2.18. The number of halogens is 1. The van der Waals surface area contributed by atoms with E-state index in [1.165, 1.54) is 6.42 Å². The van der Waals surface area contributed by atoms with Gasteiger partial charge < -0.3 is 14.8 Å². The van der Waals surface area contributed by atoms with Crippen LogP contribution >= 0.6 is 22.9 Å². The number of hydrogen-bond donors (Lipinski definition) is 1. The van der Waals surface area contributed by atoms with Crippen LogP contribution in [0.1, 0.15) is 37.3 Å². The van der Waals surface area contributed by atoms with E-state index in [9.17, 15) is 0 Å². The maximum atomic E-state index is 6.46. The van der Waals surface area contributed by atoms with Crippen molar-refractivity contribution in [1.82, 2.24) is 19.9 Å². The molecule has 198 valence electrons. The lowest BCUT2D eigenvalue weighted by molar-refractivity contribution is 0.134. The van der Waals surface area contributed by atoms with Gasteiger partial charge in [0, 0.05) is 19.0 Å². The molecule has 0 bridgehead atoms. The van der Waals surface area contributed by atoms with Gasteiger partial charge in [-0.15, -0.1) is 11.3 Å². The molecule has 1 fully saturated rings. The average molecular weight is 550 g/mol. The number of rotatable bonds is 6. The van der Waals surface area contributed by atoms with Crippen LogP contribution in [0.25, 0.3) is 10.2 Å². The van der Waals surface area contributed by atoms with Crippen molar-refractivity contribution in [2.24, 2.45) is 0 Å². The first-order chi connectivity index (χ1) is 18.4. The molecule has 1 unspecified atom stereocenters. The van der Waals surface area contributed by atoms with Gasteiger partial charge in [-0.25, -0.2) is 9.97 Å². The zero-order valence-electron chi connectivity index (χ0n) is 22.1. The van der Waals surface area contributed by atoms with Crippen LogP contribution in [0.4, 0.5) is 11.5 Å². The number of thiophene rings is 1. The SMILES string of the molecule is CN1CCCC1C#Cc1cc2ncnc(Nc3ccc(OCc4ccccn4)c(Cl)c3)c2s1.COC(C)C. The van der Waals surface area contributed by atoms with Gasteiger partial charge >= 0.3 is 0 Å². The van der Waals surface area contributed by atoms with Crippen LogP contribution in [0.2, 0.25) is 5.02 Å². The van der Waals surface area contributed by atoms with Gasteiger partial charge in [0.05, 0.1) is 38.0 Å². The molecule has 1 aliphatic rings. The number of anilines is 2. The Bertz CT molecular complexity index is 1400. The second-order valence-corrected chi connectivity index (χ2v) is 10.6. The van der Waals surface area contributed by atoms with Crippen LogP contribution in [0.5, 0.6) is 5.75 Å². The summed E-state index contributed by atoms with van der Waals surface area (Å²) in [6.07, 6.45) is 6.02. The Kier molecular flexibility index (Phi) is 9.91. The van der Waals surface area contributed by atoms with Crippen LogP contribution in [0.15, 0.2) is 55.0 Å². The van der Waals surface area contributed by atoms with Crippen LogP contribution in [0, 0.1) is 11.8 Å². The zero-order valence-corrected chi connectivity index (χ0v) is 23.6. The first-order valence-electron chi connectivity index (χ1n) is 12.5. The lowest BCUT2D eigenvalue weighted by atomic mass is 10.2. The topological polar surface area (TPSA) is 72.4 Å². The Labute approximate surface area is 233 Å². The van der Waals surface area contributed by atoms with Crippen LogP contribution in [0.3, 0.4) is 0 Å². The molecular weight excluding hydrogens is 518 g/mol. The lowest BCUT2D eigenvalue weighted by Crippen LogP contribution is -2.22. The Morgan fingerprint density at radius 3 is 2.71 bits per heavy atom. The summed E-state index contributed by atoms with van der Waals surface area (Å²) in [7, 11) is 3.83. The molecule has 1 aliphatic heterocycles. The Morgan fingerprint density at radius 2 is 2.03 bits per heavy atom. The Hall–Kier alpha value is -3.22. The molecule has 9 heteroatoms. The van der Waals surface area contributed by atoms with Crippen LogP contribution in [-0.2, 0) is 11.3 Å². The fourth-order valence-electron chi connectivity index (χ4n) is 3.72. The molecule has 1 aromatic carbocycles. The molecule has 0 spiro atoms. The summed E-state index contributed by atoms with van der Waals surface area (Å²) >= 11 is 8.06. The lowest BCUT2D eigenvalue weighted by Gasteiger charge is -2.11. The number of pyridine rings is 1. The first kappa shape index (κ1) is 27.8. The van der Waals surface area contributed by atoms with Crippen LogP contribution < -0.4 is 10.1 Å². The molecule has 3 aromatic heterocycles. The van der Waals surface area contributed by atoms with Crippen LogP contribution in [-0.4, -0.2) is 52.7 Å². The first-order valence-corrected chi connectivity index (χ1v) is 13.7. The van der Waals surface area contributed by atoms with Crippen molar-refractivity contribution < 1.29 is 9.47 Å². The van der Waals surface area contributed by atoms with Crippen molar-refractivity contribution in [2.75, 3.05) is 26.0 Å². The number of nitrogens with one attached hydrogen (secondary N) is 1. The van der Waals surface area contributed by atoms with Crippen molar-refractivity contribution in [3.63, 3.8) is 0 Å². The van der Waals surface area contributed by atoms with Gasteiger partial charge in [-0.1, -0.05) is 29.5 Å². The normalized spacial score (nSPS) is 15.1. The second-order valence-electron chi connectivity index (χ2n) is 9.12. The summed E-state index contributed by atoms with van der Waals surface area (Å²) < 4.78 is 11.5. The minimum absolute atomic E-state index is 0.333. The molecule has 0 aliphatic carbocycles. The summed E-state index contributed by atoms with van der Waals surface area (Å²) in [5.74, 6) is 8.06. The number of ether oxygens (including phenoxy) is 2. The minimum Gasteiger partial charge on any atom is -0.486 e. The zero-order chi connectivity index (χ0) is 26.9. The molecule has 1 N–H and O–H groups in total. The summed E-state index contributed by atoms with van der Waals surface area (Å²) in [6.45, 7) is 5.47. The van der Waals surface area contributed by atoms with Gasteiger partial charge in [0.2, 0.25) is 0 Å². The largest absolute Gasteiger partial charge is 0.486 e. The number of benzene rings is 1. The van der Waals surface area contributed by atoms with Gasteiger partial charge in [-0.2, -0.15) is 0 Å². The molecule has 5 rings (SSSR count). The smallest absolute Gasteiger partial charge is 0.151 e. The van der Waals surface area contributed by atoms with Gasteiger partial charge in [0.25, 0.3) is 0 Å². The van der Waals surface area contributed by atoms with Crippen molar-refractivity contribution in [2.45, 2.75) is 45.4 Å². The summed E-state index contributed by atoms with van der Waals surface area (Å²) in [5, 5.41) is 3.87. The predicted octanol–water partition coefficient (Wildman–Crippen LogP) is 6.55. The van der Waals surface area contributed by atoms with Crippen molar-refractivity contribution in [3.8, 4) is 17.6 Å². The molecular formula is C29H32ClN5O2S. The summed E-state index contributed by atoms with van der Waals surface area (Å²) in [5.41, 5.74) is 2.54. The number of methoxy groups -OCH3 is 1. The van der Waals surface area contributed by atoms with Gasteiger partial charge in [0.15, 0.2) is 5.82 Å². The standard InChI is InChI=1S/C25H22ClN5OS.C4H10O/c1-31-12-4-6-19(31)8-9-20-14-22-24(33-20)25(29-16-28-22)30-17-7-10-23(21(26)13-17)32-15-18-5-2-3-11-27-18;1-4(2)5-3/h2-3,5,7,10-11,13-14,16,19H,4,6,12,15H2,1H3,(H,28,29,30);4H,1-3H3. The molecule has 0 amide bonds. The van der Waals surface area contributed by atoms with Crippen molar-refractivity contribution in [1.29, 1.82) is 0 Å². The van der Waals surface area contributed by atoms with Gasteiger partial charge in [-0.3, -0.25) is 9.88 Å². The quantitative estimate of drug-likeness (QED) is 0.273. The third-order valence-corrected chi connectivity index (χ3v) is 7.30. The Morgan fingerprint density at radius 1 is 1.18 bits per heavy atom. The van der Waals surface area contributed by atoms with Crippen molar-refractivity contribution >= 4 is 44.7 Å². The van der Waals surface area contributed by atoms with E-state index in [2.05, 4.69) is 44.1 Å². The fourth-order valence-corrected chi connectivity index (χ4v) is 4.87. The maximum absolute atomic E-state index is 6.46. The van der Waals surface area contributed by atoms with E-state index in [-0.39, 0.29) is 0 Å².